The van der Waals surface area contributed by atoms with E-state index < -0.39 is 6.09 Å². The minimum absolute atomic E-state index is 0.0142. The molecule has 1 amide bonds. The number of ether oxygens (including phenoxy) is 1. The number of nitrogens with two attached hydrogens (primary N) is 1. The van der Waals surface area contributed by atoms with E-state index in [0.29, 0.717) is 37.4 Å². The van der Waals surface area contributed by atoms with Crippen LogP contribution in [-0.2, 0) is 6.42 Å². The third kappa shape index (κ3) is 2.39. The molecule has 124 valence electrons. The first kappa shape index (κ1) is 14.6. The first-order valence-electron chi connectivity index (χ1n) is 8.00. The Kier molecular flexibility index (Phi) is 3.33. The second-order valence-electron chi connectivity index (χ2n) is 6.66. The van der Waals surface area contributed by atoms with Gasteiger partial charge in [-0.15, -0.1) is 0 Å². The molecule has 0 radical (unpaired) electrons. The smallest absolute Gasteiger partial charge is 0.407 e. The highest BCUT2D eigenvalue weighted by atomic mass is 19.1. The first-order chi connectivity index (χ1) is 11.0. The zero-order valence-electron chi connectivity index (χ0n) is 12.7. The molecule has 6 nitrogen and oxygen atoms in total. The van der Waals surface area contributed by atoms with Crippen molar-refractivity contribution in [1.29, 1.82) is 0 Å². The van der Waals surface area contributed by atoms with E-state index in [1.54, 1.807) is 4.90 Å². The Hall–Kier alpha value is -2.02. The molecule has 2 saturated heterocycles. The van der Waals surface area contributed by atoms with Crippen LogP contribution in [-0.4, -0.2) is 53.9 Å². The molecule has 3 unspecified atom stereocenters. The number of rotatable bonds is 1. The monoisotopic (exact) mass is 321 g/mol. The van der Waals surface area contributed by atoms with Gasteiger partial charge in [0.1, 0.15) is 18.2 Å². The van der Waals surface area contributed by atoms with Crippen molar-refractivity contribution in [2.24, 2.45) is 5.73 Å². The predicted octanol–water partition coefficient (Wildman–Crippen LogP) is 1.42. The lowest BCUT2D eigenvalue weighted by molar-refractivity contribution is 0.114. The summed E-state index contributed by atoms with van der Waals surface area (Å²) in [6.07, 6.45) is 1.36. The highest BCUT2D eigenvalue weighted by Crippen LogP contribution is 2.36. The van der Waals surface area contributed by atoms with Gasteiger partial charge in [0.25, 0.3) is 0 Å². The van der Waals surface area contributed by atoms with Crippen LogP contribution >= 0.6 is 0 Å². The number of benzene rings is 1. The largest absolute Gasteiger partial charge is 0.491 e. The molecule has 1 aromatic rings. The molecule has 7 heteroatoms. The molecule has 4 rings (SSSR count). The van der Waals surface area contributed by atoms with E-state index in [4.69, 9.17) is 10.5 Å². The summed E-state index contributed by atoms with van der Waals surface area (Å²) in [5.41, 5.74) is 7.13. The van der Waals surface area contributed by atoms with Gasteiger partial charge in [0.15, 0.2) is 0 Å². The minimum atomic E-state index is -0.855. The molecule has 3 N–H and O–H groups in total. The fourth-order valence-corrected chi connectivity index (χ4v) is 4.05. The molecule has 3 aliphatic heterocycles. The maximum Gasteiger partial charge on any atom is 0.407 e. The van der Waals surface area contributed by atoms with E-state index in [1.165, 1.54) is 6.07 Å². The maximum absolute atomic E-state index is 14.4. The van der Waals surface area contributed by atoms with Crippen LogP contribution in [0.15, 0.2) is 12.1 Å². The molecule has 0 saturated carbocycles. The molecule has 3 atom stereocenters. The number of halogens is 1. The van der Waals surface area contributed by atoms with Gasteiger partial charge in [-0.1, -0.05) is 0 Å². The SMILES string of the molecule is NC1COc2cc(N3CC4CCC(C3)N4C(=O)O)cc(F)c2C1. The molecule has 3 heterocycles. The number of nitrogens with zero attached hydrogens (tertiary/aromatic N) is 2. The van der Waals surface area contributed by atoms with Gasteiger partial charge in [0, 0.05) is 36.4 Å². The average molecular weight is 321 g/mol. The Morgan fingerprint density at radius 1 is 1.30 bits per heavy atom. The summed E-state index contributed by atoms with van der Waals surface area (Å²) in [6, 6.07) is 3.19. The number of carboxylic acid groups (broad SMARTS) is 1. The molecular formula is C16H20FN3O3. The van der Waals surface area contributed by atoms with Crippen LogP contribution in [0.4, 0.5) is 14.9 Å². The van der Waals surface area contributed by atoms with Crippen molar-refractivity contribution in [3.05, 3.63) is 23.5 Å². The Labute approximate surface area is 133 Å². The van der Waals surface area contributed by atoms with Crippen molar-refractivity contribution in [2.45, 2.75) is 37.4 Å². The third-order valence-corrected chi connectivity index (χ3v) is 5.13. The topological polar surface area (TPSA) is 79.0 Å². The van der Waals surface area contributed by atoms with Crippen molar-refractivity contribution in [3.63, 3.8) is 0 Å². The number of fused-ring (bicyclic) bond motifs is 3. The van der Waals surface area contributed by atoms with Crippen molar-refractivity contribution < 1.29 is 19.0 Å². The van der Waals surface area contributed by atoms with Crippen LogP contribution in [0.25, 0.3) is 0 Å². The fraction of sp³-hybridized carbons (Fsp3) is 0.562. The fourth-order valence-electron chi connectivity index (χ4n) is 4.05. The molecule has 1 aromatic carbocycles. The second kappa shape index (κ2) is 5.26. The van der Waals surface area contributed by atoms with Crippen LogP contribution in [0.2, 0.25) is 0 Å². The standard InChI is InChI=1S/C16H20FN3O3/c17-14-4-12(5-15-13(14)3-9(18)8-23-15)19-6-10-1-2-11(7-19)20(10)16(21)22/h4-5,9-11H,1-3,6-8,18H2,(H,21,22). The summed E-state index contributed by atoms with van der Waals surface area (Å²) in [6.45, 7) is 1.59. The van der Waals surface area contributed by atoms with E-state index in [2.05, 4.69) is 4.90 Å². The lowest BCUT2D eigenvalue weighted by Gasteiger charge is -2.41. The zero-order chi connectivity index (χ0) is 16.1. The summed E-state index contributed by atoms with van der Waals surface area (Å²) in [5.74, 6) is 0.273. The summed E-state index contributed by atoms with van der Waals surface area (Å²) in [5, 5.41) is 9.32. The molecule has 0 aliphatic carbocycles. The summed E-state index contributed by atoms with van der Waals surface area (Å²) >= 11 is 0. The van der Waals surface area contributed by atoms with Gasteiger partial charge in [-0.05, 0) is 25.3 Å². The van der Waals surface area contributed by atoms with E-state index >= 15 is 0 Å². The normalized spacial score (nSPS) is 29.2. The molecule has 2 fully saturated rings. The predicted molar refractivity (Wildman–Crippen MR) is 82.5 cm³/mol. The molecular weight excluding hydrogens is 301 g/mol. The summed E-state index contributed by atoms with van der Waals surface area (Å²) in [4.78, 5) is 15.0. The number of piperazine rings is 1. The Morgan fingerprint density at radius 2 is 2.00 bits per heavy atom. The van der Waals surface area contributed by atoms with E-state index in [0.717, 1.165) is 18.5 Å². The molecule has 23 heavy (non-hydrogen) atoms. The number of hydrogen-bond acceptors (Lipinski definition) is 4. The molecule has 3 aliphatic rings. The van der Waals surface area contributed by atoms with Crippen molar-refractivity contribution in [1.82, 2.24) is 4.90 Å². The third-order valence-electron chi connectivity index (χ3n) is 5.13. The lowest BCUT2D eigenvalue weighted by Crippen LogP contribution is -2.55. The van der Waals surface area contributed by atoms with Gasteiger partial charge in [-0.25, -0.2) is 9.18 Å². The lowest BCUT2D eigenvalue weighted by atomic mass is 10.0. The zero-order valence-corrected chi connectivity index (χ0v) is 12.7. The number of hydrogen-bond donors (Lipinski definition) is 2. The molecule has 0 spiro atoms. The molecule has 0 aromatic heterocycles. The highest BCUT2D eigenvalue weighted by Gasteiger charge is 2.43. The van der Waals surface area contributed by atoms with Gasteiger partial charge < -0.3 is 20.5 Å². The van der Waals surface area contributed by atoms with E-state index in [9.17, 15) is 14.3 Å². The summed E-state index contributed by atoms with van der Waals surface area (Å²) < 4.78 is 20.0. The quantitative estimate of drug-likeness (QED) is 0.818. The number of amides is 1. The van der Waals surface area contributed by atoms with Crippen LogP contribution in [0.3, 0.4) is 0 Å². The maximum atomic E-state index is 14.4. The average Bonchev–Trinajstić information content (AvgIpc) is 2.79. The van der Waals surface area contributed by atoms with Gasteiger partial charge in [-0.2, -0.15) is 0 Å². The van der Waals surface area contributed by atoms with Crippen molar-refractivity contribution in [3.8, 4) is 5.75 Å². The van der Waals surface area contributed by atoms with Crippen molar-refractivity contribution in [2.75, 3.05) is 24.6 Å². The van der Waals surface area contributed by atoms with Gasteiger partial charge in [-0.3, -0.25) is 4.90 Å². The Balaban J connectivity index is 1.60. The Bertz CT molecular complexity index is 640. The van der Waals surface area contributed by atoms with Crippen LogP contribution in [0.1, 0.15) is 18.4 Å². The van der Waals surface area contributed by atoms with Crippen LogP contribution < -0.4 is 15.4 Å². The number of carbonyl (C=O) groups is 1. The Morgan fingerprint density at radius 3 is 2.65 bits per heavy atom. The highest BCUT2D eigenvalue weighted by molar-refractivity contribution is 5.67. The van der Waals surface area contributed by atoms with Gasteiger partial charge >= 0.3 is 6.09 Å². The van der Waals surface area contributed by atoms with Crippen LogP contribution in [0.5, 0.6) is 5.75 Å². The van der Waals surface area contributed by atoms with Gasteiger partial charge in [0.2, 0.25) is 0 Å². The minimum Gasteiger partial charge on any atom is -0.491 e. The first-order valence-corrected chi connectivity index (χ1v) is 8.00. The number of anilines is 1. The summed E-state index contributed by atoms with van der Waals surface area (Å²) in [7, 11) is 0. The van der Waals surface area contributed by atoms with E-state index in [1.807, 2.05) is 6.07 Å². The van der Waals surface area contributed by atoms with Gasteiger partial charge in [0.05, 0.1) is 12.1 Å². The molecule has 2 bridgehead atoms. The second-order valence-corrected chi connectivity index (χ2v) is 6.66. The van der Waals surface area contributed by atoms with Crippen molar-refractivity contribution >= 4 is 11.8 Å². The van der Waals surface area contributed by atoms with E-state index in [-0.39, 0.29) is 23.9 Å². The van der Waals surface area contributed by atoms with Crippen LogP contribution in [0, 0.1) is 5.82 Å².